The van der Waals surface area contributed by atoms with Crippen molar-refractivity contribution in [2.45, 2.75) is 11.8 Å². The topological polar surface area (TPSA) is 40.5 Å². The molecule has 1 saturated heterocycles. The maximum absolute atomic E-state index is 10.6. The number of carboxylic acids is 1. The first kappa shape index (κ1) is 7.12. The van der Waals surface area contributed by atoms with Gasteiger partial charge in [0.2, 0.25) is 0 Å². The van der Waals surface area contributed by atoms with Crippen LogP contribution in [0.1, 0.15) is 6.42 Å². The van der Waals surface area contributed by atoms with Crippen LogP contribution in [0.2, 0.25) is 0 Å². The standard InChI is InChI=1S/C6H5NO2S2/c8-6(9)3-2-11-5-1-4(10)7(3)5/h2,5H,1H2,(H,8,9)/t5-/m0/s1. The molecule has 0 aliphatic carbocycles. The molecule has 11 heavy (non-hydrogen) atoms. The number of carbonyl (C=O) groups is 1. The van der Waals surface area contributed by atoms with Crippen LogP contribution in [-0.2, 0) is 4.79 Å². The monoisotopic (exact) mass is 187 g/mol. The largest absolute Gasteiger partial charge is 0.477 e. The number of hydrogen-bond donors (Lipinski definition) is 1. The minimum atomic E-state index is -0.887. The van der Waals surface area contributed by atoms with Crippen molar-refractivity contribution in [1.82, 2.24) is 4.90 Å². The van der Waals surface area contributed by atoms with E-state index in [2.05, 4.69) is 0 Å². The van der Waals surface area contributed by atoms with Crippen molar-refractivity contribution in [3.05, 3.63) is 11.1 Å². The van der Waals surface area contributed by atoms with Crippen molar-refractivity contribution in [1.29, 1.82) is 0 Å². The molecule has 2 heterocycles. The molecule has 58 valence electrons. The summed E-state index contributed by atoms with van der Waals surface area (Å²) in [6.07, 6.45) is 0.841. The highest BCUT2D eigenvalue weighted by Gasteiger charge is 2.41. The number of rotatable bonds is 1. The molecular weight excluding hydrogens is 182 g/mol. The Hall–Kier alpha value is -0.550. The molecular formula is C6H5NO2S2. The van der Waals surface area contributed by atoms with Gasteiger partial charge in [-0.1, -0.05) is 12.2 Å². The van der Waals surface area contributed by atoms with Crippen LogP contribution in [0.4, 0.5) is 0 Å². The number of hydrogen-bond acceptors (Lipinski definition) is 3. The third kappa shape index (κ3) is 0.877. The lowest BCUT2D eigenvalue weighted by atomic mass is 10.2. The van der Waals surface area contributed by atoms with Crippen molar-refractivity contribution in [2.75, 3.05) is 0 Å². The molecule has 5 heteroatoms. The van der Waals surface area contributed by atoms with Crippen molar-refractivity contribution in [3.8, 4) is 0 Å². The van der Waals surface area contributed by atoms with Crippen LogP contribution in [0, 0.1) is 0 Å². The van der Waals surface area contributed by atoms with Gasteiger partial charge in [0.1, 0.15) is 5.70 Å². The smallest absolute Gasteiger partial charge is 0.353 e. The first-order valence-electron chi connectivity index (χ1n) is 3.11. The summed E-state index contributed by atoms with van der Waals surface area (Å²) in [7, 11) is 0. The Balaban J connectivity index is 2.24. The number of nitrogens with zero attached hydrogens (tertiary/aromatic N) is 1. The molecule has 2 aliphatic rings. The third-order valence-electron chi connectivity index (χ3n) is 1.72. The minimum Gasteiger partial charge on any atom is -0.477 e. The van der Waals surface area contributed by atoms with E-state index in [4.69, 9.17) is 17.3 Å². The molecule has 1 N–H and O–H groups in total. The zero-order valence-corrected chi connectivity index (χ0v) is 7.11. The summed E-state index contributed by atoms with van der Waals surface area (Å²) < 4.78 is 0. The van der Waals surface area contributed by atoms with E-state index in [-0.39, 0.29) is 5.37 Å². The molecule has 0 aromatic carbocycles. The van der Waals surface area contributed by atoms with E-state index in [9.17, 15) is 4.79 Å². The van der Waals surface area contributed by atoms with Crippen LogP contribution in [0.15, 0.2) is 11.1 Å². The fraction of sp³-hybridized carbons (Fsp3) is 0.333. The summed E-state index contributed by atoms with van der Waals surface area (Å²) in [5.41, 5.74) is 0.330. The summed E-state index contributed by atoms with van der Waals surface area (Å²) >= 11 is 6.45. The average molecular weight is 187 g/mol. The molecule has 0 bridgehead atoms. The summed E-state index contributed by atoms with van der Waals surface area (Å²) in [4.78, 5) is 13.0. The van der Waals surface area contributed by atoms with Gasteiger partial charge >= 0.3 is 5.97 Å². The summed E-state index contributed by atoms with van der Waals surface area (Å²) in [6, 6.07) is 0. The summed E-state index contributed by atoms with van der Waals surface area (Å²) in [5.74, 6) is -0.887. The van der Waals surface area contributed by atoms with Crippen LogP contribution in [0.3, 0.4) is 0 Å². The van der Waals surface area contributed by atoms with Crippen molar-refractivity contribution in [3.63, 3.8) is 0 Å². The highest BCUT2D eigenvalue weighted by atomic mass is 32.2. The van der Waals surface area contributed by atoms with E-state index < -0.39 is 5.97 Å². The average Bonchev–Trinajstić information content (AvgIpc) is 2.25. The van der Waals surface area contributed by atoms with Gasteiger partial charge in [0.05, 0.1) is 10.4 Å². The van der Waals surface area contributed by atoms with Gasteiger partial charge in [0, 0.05) is 11.8 Å². The minimum absolute atomic E-state index is 0.272. The van der Waals surface area contributed by atoms with Crippen LogP contribution < -0.4 is 0 Å². The number of thioether (sulfide) groups is 1. The second kappa shape index (κ2) is 2.22. The Kier molecular flexibility index (Phi) is 1.43. The lowest BCUT2D eigenvalue weighted by molar-refractivity contribution is -0.134. The highest BCUT2D eigenvalue weighted by molar-refractivity contribution is 8.03. The van der Waals surface area contributed by atoms with E-state index in [0.29, 0.717) is 5.70 Å². The molecule has 0 aromatic rings. The van der Waals surface area contributed by atoms with Gasteiger partial charge in [-0.25, -0.2) is 4.79 Å². The van der Waals surface area contributed by atoms with E-state index in [1.165, 1.54) is 11.8 Å². The molecule has 0 aromatic heterocycles. The van der Waals surface area contributed by atoms with Crippen LogP contribution >= 0.6 is 24.0 Å². The second-order valence-electron chi connectivity index (χ2n) is 2.37. The van der Waals surface area contributed by atoms with Gasteiger partial charge in [-0.15, -0.1) is 11.8 Å². The lowest BCUT2D eigenvalue weighted by Gasteiger charge is -2.37. The Morgan fingerprint density at radius 2 is 2.64 bits per heavy atom. The highest BCUT2D eigenvalue weighted by Crippen LogP contribution is 2.41. The fourth-order valence-corrected chi connectivity index (χ4v) is 2.81. The first-order valence-corrected chi connectivity index (χ1v) is 4.46. The SMILES string of the molecule is O=C(O)C1=CS[C@H]2CC(=S)N12. The Labute approximate surface area is 73.1 Å². The van der Waals surface area contributed by atoms with E-state index in [1.807, 2.05) is 0 Å². The van der Waals surface area contributed by atoms with Gasteiger partial charge in [0.15, 0.2) is 0 Å². The van der Waals surface area contributed by atoms with Crippen molar-refractivity contribution >= 4 is 34.9 Å². The van der Waals surface area contributed by atoms with E-state index >= 15 is 0 Å². The van der Waals surface area contributed by atoms with Gasteiger partial charge in [-0.3, -0.25) is 0 Å². The summed E-state index contributed by atoms with van der Waals surface area (Å²) in [6.45, 7) is 0. The Morgan fingerprint density at radius 1 is 1.91 bits per heavy atom. The maximum atomic E-state index is 10.6. The molecule has 0 spiro atoms. The molecule has 3 nitrogen and oxygen atoms in total. The fourth-order valence-electron chi connectivity index (χ4n) is 1.14. The molecule has 0 amide bonds. The normalized spacial score (nSPS) is 27.6. The number of thiocarbonyl (C=S) groups is 1. The Bertz CT molecular complexity index is 274. The van der Waals surface area contributed by atoms with Gasteiger partial charge in [0.25, 0.3) is 0 Å². The van der Waals surface area contributed by atoms with Crippen LogP contribution in [0.25, 0.3) is 0 Å². The lowest BCUT2D eigenvalue weighted by Crippen LogP contribution is -2.47. The molecule has 0 unspecified atom stereocenters. The van der Waals surface area contributed by atoms with Crippen LogP contribution in [0.5, 0.6) is 0 Å². The predicted octanol–water partition coefficient (Wildman–Crippen LogP) is 1.02. The quantitative estimate of drug-likeness (QED) is 0.621. The van der Waals surface area contributed by atoms with E-state index in [1.54, 1.807) is 10.3 Å². The first-order chi connectivity index (χ1) is 5.20. The van der Waals surface area contributed by atoms with Gasteiger partial charge in [-0.05, 0) is 0 Å². The number of carboxylic acid groups (broad SMARTS) is 1. The molecule has 0 radical (unpaired) electrons. The molecule has 2 rings (SSSR count). The molecule has 2 aliphatic heterocycles. The number of aliphatic carboxylic acids is 1. The predicted molar refractivity (Wildman–Crippen MR) is 46.2 cm³/mol. The van der Waals surface area contributed by atoms with Gasteiger partial charge in [-0.2, -0.15) is 0 Å². The van der Waals surface area contributed by atoms with E-state index in [0.717, 1.165) is 11.4 Å². The summed E-state index contributed by atoms with van der Waals surface area (Å²) in [5, 5.41) is 10.6. The number of fused-ring (bicyclic) bond motifs is 1. The Morgan fingerprint density at radius 3 is 3.09 bits per heavy atom. The zero-order valence-electron chi connectivity index (χ0n) is 5.48. The molecule has 1 atom stereocenters. The molecule has 1 fully saturated rings. The third-order valence-corrected chi connectivity index (χ3v) is 3.14. The zero-order chi connectivity index (χ0) is 8.01. The van der Waals surface area contributed by atoms with Crippen molar-refractivity contribution < 1.29 is 9.90 Å². The second-order valence-corrected chi connectivity index (χ2v) is 3.89. The maximum Gasteiger partial charge on any atom is 0.353 e. The van der Waals surface area contributed by atoms with Gasteiger partial charge < -0.3 is 10.0 Å². The van der Waals surface area contributed by atoms with Crippen molar-refractivity contribution in [2.24, 2.45) is 0 Å². The van der Waals surface area contributed by atoms with Crippen LogP contribution in [-0.4, -0.2) is 26.3 Å². The molecule has 0 saturated carbocycles.